The topological polar surface area (TPSA) is 32.3 Å². The number of benzene rings is 1. The first-order chi connectivity index (χ1) is 9.20. The van der Waals surface area contributed by atoms with E-state index in [9.17, 15) is 4.79 Å². The van der Waals surface area contributed by atoms with E-state index in [2.05, 4.69) is 34.8 Å². The van der Waals surface area contributed by atoms with E-state index in [1.165, 1.54) is 0 Å². The molecule has 20 heavy (non-hydrogen) atoms. The fourth-order valence-corrected chi connectivity index (χ4v) is 3.04. The number of halogens is 2. The van der Waals surface area contributed by atoms with Crippen molar-refractivity contribution >= 4 is 40.9 Å². The minimum absolute atomic E-state index is 0. The fraction of sp³-hybridized carbons (Fsp3) is 0.533. The molecule has 1 N–H and O–H groups in total. The van der Waals surface area contributed by atoms with Gasteiger partial charge in [-0.25, -0.2) is 0 Å². The lowest BCUT2D eigenvalue weighted by Gasteiger charge is -2.32. The highest BCUT2D eigenvalue weighted by molar-refractivity contribution is 14.1. The van der Waals surface area contributed by atoms with Crippen LogP contribution < -0.4 is 5.32 Å². The Morgan fingerprint density at radius 1 is 1.40 bits per heavy atom. The standard InChI is InChI=1S/C15H21IN2O.ClH/c1-2-17-11-12-6-8-18(9-7-12)15(19)13-4-3-5-14(16)10-13;/h3-5,10,12,17H,2,6-9,11H2,1H3;1H. The number of carbonyl (C=O) groups excluding carboxylic acids is 1. The predicted octanol–water partition coefficient (Wildman–Crippen LogP) is 3.17. The fourth-order valence-electron chi connectivity index (χ4n) is 2.49. The van der Waals surface area contributed by atoms with Crippen LogP contribution in [0.15, 0.2) is 24.3 Å². The summed E-state index contributed by atoms with van der Waals surface area (Å²) in [5, 5.41) is 3.40. The van der Waals surface area contributed by atoms with Crippen LogP contribution in [0.4, 0.5) is 0 Å². The number of likely N-dealkylation sites (tertiary alicyclic amines) is 1. The van der Waals surface area contributed by atoms with Gasteiger partial charge in [-0.2, -0.15) is 0 Å². The van der Waals surface area contributed by atoms with Gasteiger partial charge in [-0.15, -0.1) is 12.4 Å². The number of amides is 1. The Kier molecular flexibility index (Phi) is 7.84. The molecule has 1 aliphatic heterocycles. The monoisotopic (exact) mass is 408 g/mol. The predicted molar refractivity (Wildman–Crippen MR) is 93.6 cm³/mol. The minimum Gasteiger partial charge on any atom is -0.339 e. The van der Waals surface area contributed by atoms with E-state index in [4.69, 9.17) is 0 Å². The molecule has 1 heterocycles. The number of rotatable bonds is 4. The van der Waals surface area contributed by atoms with E-state index in [0.29, 0.717) is 0 Å². The van der Waals surface area contributed by atoms with Crippen molar-refractivity contribution in [3.63, 3.8) is 0 Å². The third-order valence-electron chi connectivity index (χ3n) is 3.66. The zero-order valence-electron chi connectivity index (χ0n) is 11.8. The minimum atomic E-state index is 0. The molecule has 0 aromatic heterocycles. The van der Waals surface area contributed by atoms with Crippen molar-refractivity contribution in [1.82, 2.24) is 10.2 Å². The molecule has 1 fully saturated rings. The Labute approximate surface area is 141 Å². The van der Waals surface area contributed by atoms with Gasteiger partial charge in [-0.05, 0) is 72.6 Å². The molecule has 0 bridgehead atoms. The second-order valence-electron chi connectivity index (χ2n) is 5.05. The Morgan fingerprint density at radius 3 is 2.70 bits per heavy atom. The summed E-state index contributed by atoms with van der Waals surface area (Å²) in [6.07, 6.45) is 2.23. The maximum atomic E-state index is 12.4. The summed E-state index contributed by atoms with van der Waals surface area (Å²) >= 11 is 2.25. The summed E-state index contributed by atoms with van der Waals surface area (Å²) < 4.78 is 1.12. The van der Waals surface area contributed by atoms with Gasteiger partial charge < -0.3 is 10.2 Å². The van der Waals surface area contributed by atoms with Crippen LogP contribution in [-0.4, -0.2) is 37.0 Å². The summed E-state index contributed by atoms with van der Waals surface area (Å²) in [7, 11) is 0. The van der Waals surface area contributed by atoms with Gasteiger partial charge in [0.1, 0.15) is 0 Å². The first-order valence-corrected chi connectivity index (χ1v) is 8.04. The molecule has 0 spiro atoms. The quantitative estimate of drug-likeness (QED) is 0.776. The van der Waals surface area contributed by atoms with Crippen molar-refractivity contribution in [2.24, 2.45) is 5.92 Å². The van der Waals surface area contributed by atoms with E-state index in [0.717, 1.165) is 54.1 Å². The van der Waals surface area contributed by atoms with E-state index in [1.807, 2.05) is 29.2 Å². The molecule has 112 valence electrons. The number of nitrogens with one attached hydrogen (secondary N) is 1. The van der Waals surface area contributed by atoms with Crippen molar-refractivity contribution in [3.05, 3.63) is 33.4 Å². The molecule has 1 amide bonds. The molecule has 1 aromatic carbocycles. The Morgan fingerprint density at radius 2 is 2.10 bits per heavy atom. The summed E-state index contributed by atoms with van der Waals surface area (Å²) in [5.41, 5.74) is 0.817. The van der Waals surface area contributed by atoms with Crippen LogP contribution in [0.2, 0.25) is 0 Å². The molecular weight excluding hydrogens is 387 g/mol. The number of hydrogen-bond acceptors (Lipinski definition) is 2. The Balaban J connectivity index is 0.00000200. The SMILES string of the molecule is CCNCC1CCN(C(=O)c2cccc(I)c2)CC1.Cl. The van der Waals surface area contributed by atoms with Crippen molar-refractivity contribution in [2.45, 2.75) is 19.8 Å². The molecule has 1 aliphatic rings. The largest absolute Gasteiger partial charge is 0.339 e. The third kappa shape index (κ3) is 4.90. The summed E-state index contributed by atoms with van der Waals surface area (Å²) in [6, 6.07) is 7.84. The molecule has 0 atom stereocenters. The molecule has 5 heteroatoms. The number of carbonyl (C=O) groups is 1. The molecule has 0 radical (unpaired) electrons. The molecule has 0 unspecified atom stereocenters. The second-order valence-corrected chi connectivity index (χ2v) is 6.30. The van der Waals surface area contributed by atoms with Crippen LogP contribution in [0, 0.1) is 9.49 Å². The lowest BCUT2D eigenvalue weighted by atomic mass is 9.96. The first-order valence-electron chi connectivity index (χ1n) is 6.96. The van der Waals surface area contributed by atoms with Gasteiger partial charge in [0.05, 0.1) is 0 Å². The maximum Gasteiger partial charge on any atom is 0.253 e. The molecular formula is C15H22ClIN2O. The third-order valence-corrected chi connectivity index (χ3v) is 4.33. The van der Waals surface area contributed by atoms with E-state index in [1.54, 1.807) is 0 Å². The van der Waals surface area contributed by atoms with Crippen molar-refractivity contribution < 1.29 is 4.79 Å². The van der Waals surface area contributed by atoms with Crippen LogP contribution in [0.3, 0.4) is 0 Å². The molecule has 2 rings (SSSR count). The average Bonchev–Trinajstić information content (AvgIpc) is 2.45. The highest BCUT2D eigenvalue weighted by Gasteiger charge is 2.23. The molecule has 3 nitrogen and oxygen atoms in total. The van der Waals surface area contributed by atoms with Gasteiger partial charge in [0.2, 0.25) is 0 Å². The van der Waals surface area contributed by atoms with Gasteiger partial charge in [-0.1, -0.05) is 13.0 Å². The maximum absolute atomic E-state index is 12.4. The average molecular weight is 409 g/mol. The van der Waals surface area contributed by atoms with E-state index in [-0.39, 0.29) is 18.3 Å². The normalized spacial score (nSPS) is 15.8. The highest BCUT2D eigenvalue weighted by Crippen LogP contribution is 2.19. The van der Waals surface area contributed by atoms with Crippen LogP contribution in [0.5, 0.6) is 0 Å². The lowest BCUT2D eigenvalue weighted by Crippen LogP contribution is -2.40. The lowest BCUT2D eigenvalue weighted by molar-refractivity contribution is 0.0690. The van der Waals surface area contributed by atoms with E-state index < -0.39 is 0 Å². The highest BCUT2D eigenvalue weighted by atomic mass is 127. The second kappa shape index (κ2) is 8.85. The molecule has 1 aromatic rings. The summed E-state index contributed by atoms with van der Waals surface area (Å²) in [5.74, 6) is 0.903. The zero-order valence-corrected chi connectivity index (χ0v) is 14.7. The van der Waals surface area contributed by atoms with Crippen LogP contribution in [0.25, 0.3) is 0 Å². The Bertz CT molecular complexity index is 434. The zero-order chi connectivity index (χ0) is 13.7. The molecule has 0 aliphatic carbocycles. The van der Waals surface area contributed by atoms with Gasteiger partial charge in [0, 0.05) is 22.2 Å². The Hall–Kier alpha value is -0.330. The van der Waals surface area contributed by atoms with Crippen LogP contribution >= 0.6 is 35.0 Å². The number of piperidine rings is 1. The van der Waals surface area contributed by atoms with Crippen molar-refractivity contribution in [1.29, 1.82) is 0 Å². The van der Waals surface area contributed by atoms with Gasteiger partial charge in [0.15, 0.2) is 0 Å². The molecule has 1 saturated heterocycles. The van der Waals surface area contributed by atoms with E-state index >= 15 is 0 Å². The van der Waals surface area contributed by atoms with Crippen molar-refractivity contribution in [2.75, 3.05) is 26.2 Å². The first kappa shape index (κ1) is 17.7. The number of hydrogen-bond donors (Lipinski definition) is 1. The van der Waals surface area contributed by atoms with Gasteiger partial charge in [0.25, 0.3) is 5.91 Å². The van der Waals surface area contributed by atoms with Gasteiger partial charge >= 0.3 is 0 Å². The van der Waals surface area contributed by atoms with Gasteiger partial charge in [-0.3, -0.25) is 4.79 Å². The van der Waals surface area contributed by atoms with Crippen LogP contribution in [0.1, 0.15) is 30.1 Å². The van der Waals surface area contributed by atoms with Crippen molar-refractivity contribution in [3.8, 4) is 0 Å². The molecule has 0 saturated carbocycles. The smallest absolute Gasteiger partial charge is 0.253 e. The summed E-state index contributed by atoms with van der Waals surface area (Å²) in [6.45, 7) is 6.03. The number of nitrogens with zero attached hydrogens (tertiary/aromatic N) is 1. The van der Waals surface area contributed by atoms with Crippen LogP contribution in [-0.2, 0) is 0 Å². The summed E-state index contributed by atoms with van der Waals surface area (Å²) in [4.78, 5) is 14.4.